The van der Waals surface area contributed by atoms with Gasteiger partial charge in [-0.05, 0) is 43.2 Å². The first-order chi connectivity index (χ1) is 13.1. The minimum Gasteiger partial charge on any atom is -0.350 e. The van der Waals surface area contributed by atoms with Crippen LogP contribution in [0.1, 0.15) is 47.6 Å². The summed E-state index contributed by atoms with van der Waals surface area (Å²) in [7, 11) is 0. The van der Waals surface area contributed by atoms with Crippen LogP contribution in [-0.4, -0.2) is 23.9 Å². The minimum absolute atomic E-state index is 0.0357. The van der Waals surface area contributed by atoms with Gasteiger partial charge in [0.1, 0.15) is 6.04 Å². The number of carbonyl (C=O) groups is 2. The molecule has 2 fully saturated rings. The first-order valence-electron chi connectivity index (χ1n) is 9.34. The van der Waals surface area contributed by atoms with Gasteiger partial charge in [0.2, 0.25) is 5.91 Å². The number of piperazine rings is 1. The molecule has 3 atom stereocenters. The fourth-order valence-electron chi connectivity index (χ4n) is 3.96. The summed E-state index contributed by atoms with van der Waals surface area (Å²) in [6.45, 7) is 0. The third-order valence-corrected chi connectivity index (χ3v) is 5.84. The number of halogens is 1. The molecule has 2 aliphatic rings. The Kier molecular flexibility index (Phi) is 5.27. The van der Waals surface area contributed by atoms with Gasteiger partial charge in [-0.3, -0.25) is 14.9 Å². The minimum atomic E-state index is -0.479. The van der Waals surface area contributed by atoms with Gasteiger partial charge in [0, 0.05) is 33.4 Å². The van der Waals surface area contributed by atoms with Gasteiger partial charge in [-0.2, -0.15) is 0 Å². The van der Waals surface area contributed by atoms with E-state index < -0.39 is 6.04 Å². The van der Waals surface area contributed by atoms with Crippen LogP contribution < -0.4 is 16.0 Å². The van der Waals surface area contributed by atoms with Crippen molar-refractivity contribution >= 4 is 33.4 Å². The number of hydrogen-bond donors (Lipinski definition) is 3. The highest BCUT2D eigenvalue weighted by Crippen LogP contribution is 2.32. The summed E-state index contributed by atoms with van der Waals surface area (Å²) in [4.78, 5) is 25.4. The smallest absolute Gasteiger partial charge is 0.255 e. The van der Waals surface area contributed by atoms with Crippen molar-refractivity contribution in [2.45, 2.75) is 43.8 Å². The molecule has 6 heteroatoms. The highest BCUT2D eigenvalue weighted by molar-refractivity contribution is 9.10. The van der Waals surface area contributed by atoms with E-state index in [9.17, 15) is 9.59 Å². The Balaban J connectivity index is 1.61. The normalized spacial score (nSPS) is 24.6. The maximum Gasteiger partial charge on any atom is 0.255 e. The molecule has 1 saturated heterocycles. The molecule has 1 aliphatic carbocycles. The number of carbonyl (C=O) groups excluding carboxylic acids is 2. The van der Waals surface area contributed by atoms with E-state index in [1.54, 1.807) is 12.1 Å². The highest BCUT2D eigenvalue weighted by atomic mass is 79.9. The van der Waals surface area contributed by atoms with Crippen LogP contribution in [0.2, 0.25) is 0 Å². The summed E-state index contributed by atoms with van der Waals surface area (Å²) in [5.74, 6) is -0.225. The first-order valence-corrected chi connectivity index (χ1v) is 10.1. The fraction of sp³-hybridized carbons (Fsp3) is 0.333. The van der Waals surface area contributed by atoms with Crippen LogP contribution in [0.3, 0.4) is 0 Å². The van der Waals surface area contributed by atoms with Crippen molar-refractivity contribution < 1.29 is 9.59 Å². The van der Waals surface area contributed by atoms with E-state index in [1.807, 2.05) is 36.4 Å². The molecular weight excluding hydrogens is 406 g/mol. The molecule has 0 aromatic heterocycles. The third-order valence-electron chi connectivity index (χ3n) is 5.35. The molecule has 3 unspecified atom stereocenters. The molecule has 0 bridgehead atoms. The van der Waals surface area contributed by atoms with E-state index in [4.69, 9.17) is 0 Å². The monoisotopic (exact) mass is 427 g/mol. The average Bonchev–Trinajstić information content (AvgIpc) is 2.69. The lowest BCUT2D eigenvalue weighted by molar-refractivity contribution is -0.127. The molecule has 0 spiro atoms. The summed E-state index contributed by atoms with van der Waals surface area (Å²) >= 11 is 3.49. The fourth-order valence-corrected chi connectivity index (χ4v) is 4.34. The van der Waals surface area contributed by atoms with Crippen LogP contribution in [-0.2, 0) is 4.79 Å². The predicted octanol–water partition coefficient (Wildman–Crippen LogP) is 3.77. The van der Waals surface area contributed by atoms with Gasteiger partial charge < -0.3 is 10.6 Å². The van der Waals surface area contributed by atoms with Crippen LogP contribution in [0.5, 0.6) is 0 Å². The lowest BCUT2D eigenvalue weighted by Crippen LogP contribution is -2.61. The second-order valence-electron chi connectivity index (χ2n) is 7.16. The van der Waals surface area contributed by atoms with Crippen molar-refractivity contribution in [3.63, 3.8) is 0 Å². The molecule has 27 heavy (non-hydrogen) atoms. The van der Waals surface area contributed by atoms with Crippen LogP contribution in [0.15, 0.2) is 53.0 Å². The van der Waals surface area contributed by atoms with Crippen LogP contribution >= 0.6 is 15.9 Å². The van der Waals surface area contributed by atoms with Gasteiger partial charge in [0.05, 0.1) is 0 Å². The number of amides is 2. The van der Waals surface area contributed by atoms with Gasteiger partial charge >= 0.3 is 0 Å². The van der Waals surface area contributed by atoms with Crippen LogP contribution in [0.25, 0.3) is 0 Å². The Hall–Kier alpha value is -2.18. The number of fused-ring (bicyclic) bond motifs is 1. The lowest BCUT2D eigenvalue weighted by Gasteiger charge is -2.41. The van der Waals surface area contributed by atoms with Gasteiger partial charge in [0.15, 0.2) is 0 Å². The molecule has 2 aromatic carbocycles. The molecule has 2 amide bonds. The van der Waals surface area contributed by atoms with Crippen molar-refractivity contribution in [1.82, 2.24) is 10.6 Å². The molecule has 3 N–H and O–H groups in total. The predicted molar refractivity (Wildman–Crippen MR) is 109 cm³/mol. The van der Waals surface area contributed by atoms with Crippen molar-refractivity contribution in [3.05, 3.63) is 64.1 Å². The number of rotatable bonds is 3. The highest BCUT2D eigenvalue weighted by Gasteiger charge is 2.37. The van der Waals surface area contributed by atoms with Crippen molar-refractivity contribution in [1.29, 1.82) is 0 Å². The van der Waals surface area contributed by atoms with E-state index in [0.717, 1.165) is 29.3 Å². The average molecular weight is 428 g/mol. The molecule has 2 aromatic rings. The Morgan fingerprint density at radius 3 is 2.56 bits per heavy atom. The third kappa shape index (κ3) is 3.92. The molecule has 4 rings (SSSR count). The second-order valence-corrected chi connectivity index (χ2v) is 8.07. The Bertz CT molecular complexity index is 856. The molecule has 1 aliphatic heterocycles. The lowest BCUT2D eigenvalue weighted by atomic mass is 9.86. The Morgan fingerprint density at radius 2 is 1.78 bits per heavy atom. The Labute approximate surface area is 167 Å². The zero-order valence-corrected chi connectivity index (χ0v) is 16.5. The summed E-state index contributed by atoms with van der Waals surface area (Å²) in [5.41, 5.74) is 2.00. The summed E-state index contributed by atoms with van der Waals surface area (Å²) in [6, 6.07) is 14.7. The van der Waals surface area contributed by atoms with E-state index in [1.165, 1.54) is 6.42 Å². The zero-order valence-electron chi connectivity index (χ0n) is 14.9. The largest absolute Gasteiger partial charge is 0.350 e. The van der Waals surface area contributed by atoms with E-state index in [2.05, 4.69) is 31.9 Å². The molecular formula is C21H22BrN3O2. The molecule has 1 saturated carbocycles. The quantitative estimate of drug-likeness (QED) is 0.697. The Morgan fingerprint density at radius 1 is 1.04 bits per heavy atom. The second kappa shape index (κ2) is 7.82. The van der Waals surface area contributed by atoms with Gasteiger partial charge in [-0.15, -0.1) is 0 Å². The van der Waals surface area contributed by atoms with Crippen LogP contribution in [0.4, 0.5) is 5.69 Å². The number of benzene rings is 2. The van der Waals surface area contributed by atoms with Crippen molar-refractivity contribution in [2.75, 3.05) is 5.32 Å². The summed E-state index contributed by atoms with van der Waals surface area (Å²) < 4.78 is 0.871. The topological polar surface area (TPSA) is 70.2 Å². The van der Waals surface area contributed by atoms with Gasteiger partial charge in [0.25, 0.3) is 5.91 Å². The molecule has 0 radical (unpaired) electrons. The van der Waals surface area contributed by atoms with Crippen LogP contribution in [0, 0.1) is 0 Å². The zero-order chi connectivity index (χ0) is 18.8. The molecule has 1 heterocycles. The first kappa shape index (κ1) is 18.2. The summed E-state index contributed by atoms with van der Waals surface area (Å²) in [5, 5.41) is 9.65. The number of nitrogens with one attached hydrogen (secondary N) is 3. The van der Waals surface area contributed by atoms with Gasteiger partial charge in [-0.1, -0.05) is 47.0 Å². The molecule has 5 nitrogen and oxygen atoms in total. The van der Waals surface area contributed by atoms with Crippen molar-refractivity contribution in [3.8, 4) is 0 Å². The maximum absolute atomic E-state index is 12.8. The van der Waals surface area contributed by atoms with E-state index >= 15 is 0 Å². The summed E-state index contributed by atoms with van der Waals surface area (Å²) in [6.07, 6.45) is 4.41. The SMILES string of the molecule is O=C(Nc1ccc(Br)cc1C1NC2CCCCC2NC1=O)c1ccccc1. The maximum atomic E-state index is 12.8. The number of hydrogen-bond acceptors (Lipinski definition) is 3. The molecule has 140 valence electrons. The van der Waals surface area contributed by atoms with E-state index in [0.29, 0.717) is 11.3 Å². The van der Waals surface area contributed by atoms with E-state index in [-0.39, 0.29) is 23.9 Å². The van der Waals surface area contributed by atoms with Crippen molar-refractivity contribution in [2.24, 2.45) is 0 Å². The number of anilines is 1. The van der Waals surface area contributed by atoms with Gasteiger partial charge in [-0.25, -0.2) is 0 Å². The standard InChI is InChI=1S/C21H22BrN3O2/c22-14-10-11-16(24-20(26)13-6-2-1-3-7-13)15(12-14)19-21(27)25-18-9-5-4-8-17(18)23-19/h1-3,6-7,10-12,17-19,23H,4-5,8-9H2,(H,24,26)(H,25,27).